The standard InChI is InChI=1S/C7H11NO3/c1-3-4-6(7(10)11)8-5(2)9/h3-4,6H,1-2H3,(H,8,9)(H,10,11)/b4-3-. The zero-order valence-electron chi connectivity index (χ0n) is 6.50. The smallest absolute Gasteiger partial charge is 0.330 e. The van der Waals surface area contributed by atoms with E-state index < -0.39 is 12.0 Å². The first-order valence-corrected chi connectivity index (χ1v) is 3.20. The summed E-state index contributed by atoms with van der Waals surface area (Å²) in [5.74, 6) is -1.41. The van der Waals surface area contributed by atoms with Gasteiger partial charge in [-0.15, -0.1) is 0 Å². The quantitative estimate of drug-likeness (QED) is 0.573. The second-order valence-corrected chi connectivity index (χ2v) is 2.04. The molecule has 1 atom stereocenters. The molecule has 1 unspecified atom stereocenters. The minimum absolute atomic E-state index is 0.351. The maximum absolute atomic E-state index is 10.4. The van der Waals surface area contributed by atoms with Gasteiger partial charge in [-0.25, -0.2) is 4.79 Å². The first-order valence-electron chi connectivity index (χ1n) is 3.20. The molecule has 0 bridgehead atoms. The molecule has 0 aliphatic carbocycles. The summed E-state index contributed by atoms with van der Waals surface area (Å²) in [6.45, 7) is 2.97. The molecule has 0 saturated heterocycles. The van der Waals surface area contributed by atoms with Crippen LogP contribution in [-0.4, -0.2) is 23.0 Å². The Kier molecular flexibility index (Phi) is 3.95. The molecule has 0 radical (unpaired) electrons. The monoisotopic (exact) mass is 157 g/mol. The van der Waals surface area contributed by atoms with Gasteiger partial charge in [0.2, 0.25) is 5.91 Å². The molecule has 0 spiro atoms. The Morgan fingerprint density at radius 3 is 2.36 bits per heavy atom. The molecule has 62 valence electrons. The SMILES string of the molecule is C/C=C\C(NC(C)=O)C(=O)O. The highest BCUT2D eigenvalue weighted by Gasteiger charge is 2.13. The van der Waals surface area contributed by atoms with Crippen molar-refractivity contribution in [1.82, 2.24) is 5.32 Å². The summed E-state index contributed by atoms with van der Waals surface area (Å²) in [5.41, 5.74) is 0. The van der Waals surface area contributed by atoms with Crippen molar-refractivity contribution in [1.29, 1.82) is 0 Å². The van der Waals surface area contributed by atoms with Crippen LogP contribution in [0.25, 0.3) is 0 Å². The van der Waals surface area contributed by atoms with Crippen LogP contribution in [0.4, 0.5) is 0 Å². The Balaban J connectivity index is 4.11. The summed E-state index contributed by atoms with van der Waals surface area (Å²) >= 11 is 0. The van der Waals surface area contributed by atoms with Gasteiger partial charge in [0.25, 0.3) is 0 Å². The van der Waals surface area contributed by atoms with Gasteiger partial charge in [0.05, 0.1) is 0 Å². The number of carboxylic acid groups (broad SMARTS) is 1. The molecule has 11 heavy (non-hydrogen) atoms. The molecule has 0 aromatic rings. The van der Waals surface area contributed by atoms with Crippen LogP contribution < -0.4 is 5.32 Å². The predicted molar refractivity (Wildman–Crippen MR) is 40.1 cm³/mol. The fourth-order valence-corrected chi connectivity index (χ4v) is 0.604. The fraction of sp³-hybridized carbons (Fsp3) is 0.429. The van der Waals surface area contributed by atoms with Crippen molar-refractivity contribution in [2.45, 2.75) is 19.9 Å². The van der Waals surface area contributed by atoms with E-state index in [4.69, 9.17) is 5.11 Å². The van der Waals surface area contributed by atoms with Crippen LogP contribution >= 0.6 is 0 Å². The van der Waals surface area contributed by atoms with Crippen molar-refractivity contribution >= 4 is 11.9 Å². The van der Waals surface area contributed by atoms with Gasteiger partial charge in [0, 0.05) is 6.92 Å². The molecule has 0 aromatic heterocycles. The van der Waals surface area contributed by atoms with Crippen molar-refractivity contribution in [3.05, 3.63) is 12.2 Å². The number of hydrogen-bond acceptors (Lipinski definition) is 2. The largest absolute Gasteiger partial charge is 0.479 e. The van der Waals surface area contributed by atoms with Gasteiger partial charge in [-0.2, -0.15) is 0 Å². The summed E-state index contributed by atoms with van der Waals surface area (Å²) in [5, 5.41) is 10.7. The Hall–Kier alpha value is -1.32. The average molecular weight is 157 g/mol. The number of aliphatic carboxylic acids is 1. The second-order valence-electron chi connectivity index (χ2n) is 2.04. The molecular formula is C7H11NO3. The van der Waals surface area contributed by atoms with E-state index in [0.717, 1.165) is 0 Å². The molecule has 0 aliphatic rings. The van der Waals surface area contributed by atoms with Gasteiger partial charge in [0.1, 0.15) is 6.04 Å². The zero-order valence-corrected chi connectivity index (χ0v) is 6.50. The van der Waals surface area contributed by atoms with Crippen molar-refractivity contribution in [2.75, 3.05) is 0 Å². The minimum Gasteiger partial charge on any atom is -0.479 e. The third-order valence-electron chi connectivity index (χ3n) is 1.01. The van der Waals surface area contributed by atoms with Crippen molar-refractivity contribution in [3.63, 3.8) is 0 Å². The number of carbonyl (C=O) groups excluding carboxylic acids is 1. The number of carbonyl (C=O) groups is 2. The summed E-state index contributed by atoms with van der Waals surface area (Å²) < 4.78 is 0. The topological polar surface area (TPSA) is 66.4 Å². The molecular weight excluding hydrogens is 146 g/mol. The van der Waals surface area contributed by atoms with Gasteiger partial charge in [-0.05, 0) is 6.92 Å². The van der Waals surface area contributed by atoms with Gasteiger partial charge in [-0.3, -0.25) is 4.79 Å². The normalized spacial score (nSPS) is 12.9. The van der Waals surface area contributed by atoms with Crippen LogP contribution in [0.15, 0.2) is 12.2 Å². The summed E-state index contributed by atoms with van der Waals surface area (Å²) in [6.07, 6.45) is 2.98. The van der Waals surface area contributed by atoms with E-state index in [0.29, 0.717) is 0 Å². The highest BCUT2D eigenvalue weighted by Crippen LogP contribution is 1.86. The third kappa shape index (κ3) is 4.13. The summed E-state index contributed by atoms with van der Waals surface area (Å²) in [4.78, 5) is 20.8. The Labute approximate surface area is 64.9 Å². The molecule has 0 saturated carbocycles. The number of rotatable bonds is 3. The number of allylic oxidation sites excluding steroid dienone is 1. The average Bonchev–Trinajstić information content (AvgIpc) is 1.86. The van der Waals surface area contributed by atoms with Crippen LogP contribution in [0.3, 0.4) is 0 Å². The first-order chi connectivity index (χ1) is 5.07. The molecule has 0 aromatic carbocycles. The Morgan fingerprint density at radius 2 is 2.09 bits per heavy atom. The molecule has 4 heteroatoms. The number of carboxylic acids is 1. The van der Waals surface area contributed by atoms with E-state index in [1.807, 2.05) is 0 Å². The van der Waals surface area contributed by atoms with E-state index in [2.05, 4.69) is 5.32 Å². The molecule has 2 N–H and O–H groups in total. The molecule has 0 rings (SSSR count). The van der Waals surface area contributed by atoms with Crippen LogP contribution in [0.1, 0.15) is 13.8 Å². The van der Waals surface area contributed by atoms with E-state index in [1.165, 1.54) is 13.0 Å². The molecule has 0 fully saturated rings. The van der Waals surface area contributed by atoms with Crippen LogP contribution in [0.2, 0.25) is 0 Å². The maximum Gasteiger partial charge on any atom is 0.330 e. The molecule has 1 amide bonds. The van der Waals surface area contributed by atoms with Gasteiger partial charge < -0.3 is 10.4 Å². The lowest BCUT2D eigenvalue weighted by Gasteiger charge is -2.06. The third-order valence-corrected chi connectivity index (χ3v) is 1.01. The lowest BCUT2D eigenvalue weighted by Crippen LogP contribution is -2.37. The van der Waals surface area contributed by atoms with E-state index in [9.17, 15) is 9.59 Å². The van der Waals surface area contributed by atoms with Crippen molar-refractivity contribution in [2.24, 2.45) is 0 Å². The Bertz CT molecular complexity index is 186. The van der Waals surface area contributed by atoms with Crippen LogP contribution in [-0.2, 0) is 9.59 Å². The van der Waals surface area contributed by atoms with E-state index in [-0.39, 0.29) is 5.91 Å². The number of nitrogens with one attached hydrogen (secondary N) is 1. The lowest BCUT2D eigenvalue weighted by atomic mass is 10.3. The minimum atomic E-state index is -1.06. The molecule has 0 aliphatic heterocycles. The number of hydrogen-bond donors (Lipinski definition) is 2. The number of amides is 1. The summed E-state index contributed by atoms with van der Waals surface area (Å²) in [7, 11) is 0. The van der Waals surface area contributed by atoms with Crippen LogP contribution in [0, 0.1) is 0 Å². The summed E-state index contributed by atoms with van der Waals surface area (Å²) in [6, 6.07) is -0.905. The Morgan fingerprint density at radius 1 is 1.55 bits per heavy atom. The van der Waals surface area contributed by atoms with E-state index in [1.54, 1.807) is 13.0 Å². The van der Waals surface area contributed by atoms with Crippen molar-refractivity contribution < 1.29 is 14.7 Å². The predicted octanol–water partition coefficient (Wildman–Crippen LogP) is 0.152. The highest BCUT2D eigenvalue weighted by atomic mass is 16.4. The fourth-order valence-electron chi connectivity index (χ4n) is 0.604. The lowest BCUT2D eigenvalue weighted by molar-refractivity contribution is -0.140. The van der Waals surface area contributed by atoms with Gasteiger partial charge in [0.15, 0.2) is 0 Å². The van der Waals surface area contributed by atoms with Crippen LogP contribution in [0.5, 0.6) is 0 Å². The first kappa shape index (κ1) is 9.68. The maximum atomic E-state index is 10.4. The molecule has 4 nitrogen and oxygen atoms in total. The van der Waals surface area contributed by atoms with Gasteiger partial charge in [-0.1, -0.05) is 12.2 Å². The van der Waals surface area contributed by atoms with Crippen molar-refractivity contribution in [3.8, 4) is 0 Å². The second kappa shape index (κ2) is 4.49. The van der Waals surface area contributed by atoms with Gasteiger partial charge >= 0.3 is 5.97 Å². The van der Waals surface area contributed by atoms with E-state index >= 15 is 0 Å². The highest BCUT2D eigenvalue weighted by molar-refractivity contribution is 5.83. The zero-order chi connectivity index (χ0) is 8.85. The molecule has 0 heterocycles.